The Balaban J connectivity index is 2.14. The van der Waals surface area contributed by atoms with Crippen molar-refractivity contribution >= 4 is 21.6 Å². The van der Waals surface area contributed by atoms with Crippen LogP contribution in [0.1, 0.15) is 13.8 Å². The maximum atomic E-state index is 12.9. The lowest BCUT2D eigenvalue weighted by atomic mass is 10.3. The summed E-state index contributed by atoms with van der Waals surface area (Å²) in [5, 5.41) is 2.52. The Kier molecular flexibility index (Phi) is 7.36. The topological polar surface area (TPSA) is 84.9 Å². The highest BCUT2D eigenvalue weighted by Crippen LogP contribution is 2.31. The quantitative estimate of drug-likeness (QED) is 0.687. The third-order valence-corrected chi connectivity index (χ3v) is 5.52. The number of ether oxygens (including phenoxy) is 2. The molecule has 2 aromatic rings. The van der Waals surface area contributed by atoms with E-state index in [4.69, 9.17) is 9.47 Å². The third kappa shape index (κ3) is 5.43. The number of nitrogens with zero attached hydrogens (tertiary/aromatic N) is 1. The Morgan fingerprint density at radius 2 is 1.64 bits per heavy atom. The van der Waals surface area contributed by atoms with Crippen molar-refractivity contribution in [2.45, 2.75) is 18.7 Å². The minimum absolute atomic E-state index is 0.0171. The fourth-order valence-electron chi connectivity index (χ4n) is 2.39. The lowest BCUT2D eigenvalue weighted by molar-refractivity contribution is -0.116. The molecule has 0 aliphatic rings. The number of benzene rings is 2. The second kappa shape index (κ2) is 9.52. The number of sulfonamides is 1. The SMILES string of the molecule is CCOc1ccc(S(=O)(=O)N(C)CC(=O)Nc2ccc(F)cc2)cc1OCC. The predicted molar refractivity (Wildman–Crippen MR) is 104 cm³/mol. The summed E-state index contributed by atoms with van der Waals surface area (Å²) in [6, 6.07) is 9.48. The zero-order chi connectivity index (χ0) is 20.7. The molecule has 1 amide bonds. The van der Waals surface area contributed by atoms with E-state index >= 15 is 0 Å². The number of hydrogen-bond donors (Lipinski definition) is 1. The molecule has 0 aromatic heterocycles. The van der Waals surface area contributed by atoms with Gasteiger partial charge in [-0.2, -0.15) is 4.31 Å². The van der Waals surface area contributed by atoms with Crippen LogP contribution in [0.2, 0.25) is 0 Å². The minimum Gasteiger partial charge on any atom is -0.490 e. The van der Waals surface area contributed by atoms with E-state index in [-0.39, 0.29) is 4.90 Å². The maximum Gasteiger partial charge on any atom is 0.243 e. The smallest absolute Gasteiger partial charge is 0.243 e. The van der Waals surface area contributed by atoms with E-state index in [1.54, 1.807) is 6.92 Å². The van der Waals surface area contributed by atoms with Crippen LogP contribution < -0.4 is 14.8 Å². The van der Waals surface area contributed by atoms with Gasteiger partial charge in [0.15, 0.2) is 11.5 Å². The summed E-state index contributed by atoms with van der Waals surface area (Å²) in [6.07, 6.45) is 0. The molecule has 0 saturated carbocycles. The molecular formula is C19H23FN2O5S. The average molecular weight is 410 g/mol. The van der Waals surface area contributed by atoms with Gasteiger partial charge in [0.05, 0.1) is 24.7 Å². The fourth-order valence-corrected chi connectivity index (χ4v) is 3.54. The van der Waals surface area contributed by atoms with Crippen molar-refractivity contribution in [1.29, 1.82) is 0 Å². The summed E-state index contributed by atoms with van der Waals surface area (Å²) in [5.41, 5.74) is 0.372. The van der Waals surface area contributed by atoms with Crippen molar-refractivity contribution in [3.8, 4) is 11.5 Å². The van der Waals surface area contributed by atoms with E-state index in [1.165, 1.54) is 49.5 Å². The number of amides is 1. The van der Waals surface area contributed by atoms with Crippen LogP contribution in [-0.2, 0) is 14.8 Å². The summed E-state index contributed by atoms with van der Waals surface area (Å²) in [6.45, 7) is 3.95. The number of nitrogens with one attached hydrogen (secondary N) is 1. The molecule has 0 aliphatic carbocycles. The Morgan fingerprint density at radius 1 is 1.04 bits per heavy atom. The molecule has 0 heterocycles. The van der Waals surface area contributed by atoms with Gasteiger partial charge in [-0.05, 0) is 50.2 Å². The lowest BCUT2D eigenvalue weighted by Crippen LogP contribution is -2.35. The number of likely N-dealkylation sites (N-methyl/N-ethyl adjacent to an activating group) is 1. The van der Waals surface area contributed by atoms with E-state index in [9.17, 15) is 17.6 Å². The molecule has 0 unspecified atom stereocenters. The van der Waals surface area contributed by atoms with Crippen LogP contribution in [0.4, 0.5) is 10.1 Å². The van der Waals surface area contributed by atoms with Gasteiger partial charge in [-0.3, -0.25) is 4.79 Å². The maximum absolute atomic E-state index is 12.9. The van der Waals surface area contributed by atoms with Crippen LogP contribution >= 0.6 is 0 Å². The third-order valence-electron chi connectivity index (χ3n) is 3.72. The number of hydrogen-bond acceptors (Lipinski definition) is 5. The molecule has 2 rings (SSSR count). The molecule has 0 bridgehead atoms. The molecule has 152 valence electrons. The Labute approximate surface area is 164 Å². The molecular weight excluding hydrogens is 387 g/mol. The summed E-state index contributed by atoms with van der Waals surface area (Å²) >= 11 is 0. The van der Waals surface area contributed by atoms with Crippen molar-refractivity contribution in [3.63, 3.8) is 0 Å². The van der Waals surface area contributed by atoms with Crippen LogP contribution in [0.15, 0.2) is 47.4 Å². The van der Waals surface area contributed by atoms with Crippen molar-refractivity contribution < 1.29 is 27.1 Å². The van der Waals surface area contributed by atoms with Gasteiger partial charge >= 0.3 is 0 Å². The lowest BCUT2D eigenvalue weighted by Gasteiger charge is -2.18. The first-order chi connectivity index (χ1) is 13.3. The number of carbonyl (C=O) groups is 1. The Hall–Kier alpha value is -2.65. The van der Waals surface area contributed by atoms with E-state index in [0.29, 0.717) is 30.4 Å². The summed E-state index contributed by atoms with van der Waals surface area (Å²) in [7, 11) is -2.63. The van der Waals surface area contributed by atoms with Gasteiger partial charge in [0, 0.05) is 18.8 Å². The first-order valence-electron chi connectivity index (χ1n) is 8.69. The zero-order valence-corrected chi connectivity index (χ0v) is 16.8. The molecule has 7 nitrogen and oxygen atoms in total. The van der Waals surface area contributed by atoms with Gasteiger partial charge in [0.1, 0.15) is 5.82 Å². The van der Waals surface area contributed by atoms with E-state index < -0.39 is 28.3 Å². The molecule has 0 saturated heterocycles. The highest BCUT2D eigenvalue weighted by molar-refractivity contribution is 7.89. The summed E-state index contributed by atoms with van der Waals surface area (Å²) in [4.78, 5) is 12.1. The molecule has 0 spiro atoms. The second-order valence-corrected chi connectivity index (χ2v) is 7.84. The van der Waals surface area contributed by atoms with Gasteiger partial charge in [-0.15, -0.1) is 0 Å². The normalized spacial score (nSPS) is 11.3. The first kappa shape index (κ1) is 21.6. The second-order valence-electron chi connectivity index (χ2n) is 5.79. The zero-order valence-electron chi connectivity index (χ0n) is 15.9. The minimum atomic E-state index is -3.93. The van der Waals surface area contributed by atoms with Crippen LogP contribution in [0.25, 0.3) is 0 Å². The van der Waals surface area contributed by atoms with Crippen LogP contribution in [0, 0.1) is 5.82 Å². The number of anilines is 1. The van der Waals surface area contributed by atoms with Crippen LogP contribution in [-0.4, -0.2) is 45.4 Å². The number of carbonyl (C=O) groups excluding carboxylic acids is 1. The van der Waals surface area contributed by atoms with Crippen molar-refractivity contribution in [1.82, 2.24) is 4.31 Å². The first-order valence-corrected chi connectivity index (χ1v) is 10.1. The van der Waals surface area contributed by atoms with Crippen LogP contribution in [0.3, 0.4) is 0 Å². The molecule has 0 radical (unpaired) electrons. The standard InChI is InChI=1S/C19H23FN2O5S/c1-4-26-17-11-10-16(12-18(17)27-5-2)28(24,25)22(3)13-19(23)21-15-8-6-14(20)7-9-15/h6-12H,4-5,13H2,1-3H3,(H,21,23). The van der Waals surface area contributed by atoms with Gasteiger partial charge < -0.3 is 14.8 Å². The van der Waals surface area contributed by atoms with E-state index in [2.05, 4.69) is 5.32 Å². The van der Waals surface area contributed by atoms with Crippen molar-refractivity contribution in [2.75, 3.05) is 32.1 Å². The van der Waals surface area contributed by atoms with Crippen molar-refractivity contribution in [3.05, 3.63) is 48.3 Å². The highest BCUT2D eigenvalue weighted by atomic mass is 32.2. The van der Waals surface area contributed by atoms with Gasteiger partial charge in [0.25, 0.3) is 0 Å². The Morgan fingerprint density at radius 3 is 2.25 bits per heavy atom. The van der Waals surface area contributed by atoms with E-state index in [1.807, 2.05) is 6.92 Å². The molecule has 1 N–H and O–H groups in total. The van der Waals surface area contributed by atoms with Gasteiger partial charge in [-0.25, -0.2) is 12.8 Å². The molecule has 0 aliphatic heterocycles. The van der Waals surface area contributed by atoms with Gasteiger partial charge in [-0.1, -0.05) is 0 Å². The predicted octanol–water partition coefficient (Wildman–Crippen LogP) is 2.88. The molecule has 28 heavy (non-hydrogen) atoms. The molecule has 2 aromatic carbocycles. The Bertz CT molecular complexity index is 916. The monoisotopic (exact) mass is 410 g/mol. The molecule has 9 heteroatoms. The highest BCUT2D eigenvalue weighted by Gasteiger charge is 2.24. The number of rotatable bonds is 9. The number of halogens is 1. The van der Waals surface area contributed by atoms with Gasteiger partial charge in [0.2, 0.25) is 15.9 Å². The summed E-state index contributed by atoms with van der Waals surface area (Å²) in [5.74, 6) is -0.221. The fraction of sp³-hybridized carbons (Fsp3) is 0.316. The van der Waals surface area contributed by atoms with Crippen molar-refractivity contribution in [2.24, 2.45) is 0 Å². The van der Waals surface area contributed by atoms with E-state index in [0.717, 1.165) is 4.31 Å². The molecule has 0 atom stereocenters. The largest absolute Gasteiger partial charge is 0.490 e. The molecule has 0 fully saturated rings. The average Bonchev–Trinajstić information content (AvgIpc) is 2.65. The van der Waals surface area contributed by atoms with Crippen LogP contribution in [0.5, 0.6) is 11.5 Å². The summed E-state index contributed by atoms with van der Waals surface area (Å²) < 4.78 is 50.3.